The molecule has 0 spiro atoms. The van der Waals surface area contributed by atoms with Gasteiger partial charge in [-0.1, -0.05) is 5.21 Å². The smallest absolute Gasteiger partial charge is 0.376 e. The Bertz CT molecular complexity index is 1010. The minimum Gasteiger partial charge on any atom is -0.376 e. The van der Waals surface area contributed by atoms with Gasteiger partial charge in [0, 0.05) is 12.8 Å². The van der Waals surface area contributed by atoms with Crippen molar-refractivity contribution in [2.45, 2.75) is 45.0 Å². The fraction of sp³-hybridized carbons (Fsp3) is 0.400. The van der Waals surface area contributed by atoms with Crippen molar-refractivity contribution >= 4 is 11.6 Å². The molecule has 1 N–H and O–H groups in total. The summed E-state index contributed by atoms with van der Waals surface area (Å²) in [4.78, 5) is 8.42. The highest BCUT2D eigenvalue weighted by Gasteiger charge is 2.30. The first-order valence-electron chi connectivity index (χ1n) is 9.68. The van der Waals surface area contributed by atoms with E-state index in [0.717, 1.165) is 49.8 Å². The Labute approximate surface area is 171 Å². The summed E-state index contributed by atoms with van der Waals surface area (Å²) in [6.45, 7) is 3.26. The van der Waals surface area contributed by atoms with Crippen LogP contribution in [0, 0.1) is 6.92 Å². The van der Waals surface area contributed by atoms with Crippen molar-refractivity contribution in [1.29, 1.82) is 0 Å². The van der Waals surface area contributed by atoms with Gasteiger partial charge in [0.1, 0.15) is 17.3 Å². The van der Waals surface area contributed by atoms with Crippen LogP contribution in [0.3, 0.4) is 0 Å². The van der Waals surface area contributed by atoms with Gasteiger partial charge < -0.3 is 10.1 Å². The molecule has 1 unspecified atom stereocenters. The van der Waals surface area contributed by atoms with Crippen molar-refractivity contribution in [1.82, 2.24) is 25.0 Å². The molecule has 1 fully saturated rings. The quantitative estimate of drug-likeness (QED) is 0.663. The predicted octanol–water partition coefficient (Wildman–Crippen LogP) is 4.38. The number of nitrogens with one attached hydrogen (secondary N) is 1. The van der Waals surface area contributed by atoms with Gasteiger partial charge in [-0.05, 0) is 56.0 Å². The molecule has 0 aliphatic carbocycles. The van der Waals surface area contributed by atoms with Gasteiger partial charge >= 0.3 is 6.18 Å². The van der Waals surface area contributed by atoms with E-state index in [-0.39, 0.29) is 11.9 Å². The average molecular weight is 418 g/mol. The maximum Gasteiger partial charge on any atom is 0.416 e. The standard InChI is InChI=1S/C20H21F3N6O/c1-13-8-16(17-12-29(28-27-17)11-15-4-2-3-7-30-15)25-19(9-13)26-18-10-14(5-6-24-18)20(21,22)23/h5-6,8-10,12,15H,2-4,7,11H2,1H3,(H,24,25,26). The van der Waals surface area contributed by atoms with Gasteiger partial charge in [0.2, 0.25) is 0 Å². The highest BCUT2D eigenvalue weighted by Crippen LogP contribution is 2.30. The fourth-order valence-electron chi connectivity index (χ4n) is 3.33. The summed E-state index contributed by atoms with van der Waals surface area (Å²) < 4.78 is 46.3. The minimum atomic E-state index is -4.44. The molecule has 158 valence electrons. The normalized spacial score (nSPS) is 17.1. The molecular weight excluding hydrogens is 397 g/mol. The van der Waals surface area contributed by atoms with Crippen molar-refractivity contribution in [2.24, 2.45) is 0 Å². The molecule has 0 saturated carbocycles. The zero-order chi connectivity index (χ0) is 21.1. The van der Waals surface area contributed by atoms with Gasteiger partial charge in [-0.3, -0.25) is 0 Å². The lowest BCUT2D eigenvalue weighted by atomic mass is 10.1. The van der Waals surface area contributed by atoms with Crippen LogP contribution < -0.4 is 5.32 Å². The molecule has 7 nitrogen and oxygen atoms in total. The molecule has 3 aromatic heterocycles. The van der Waals surface area contributed by atoms with E-state index in [2.05, 4.69) is 25.6 Å². The number of pyridine rings is 2. The Balaban J connectivity index is 1.52. The number of aryl methyl sites for hydroxylation is 1. The number of hydrogen-bond acceptors (Lipinski definition) is 6. The van der Waals surface area contributed by atoms with Crippen LogP contribution in [-0.4, -0.2) is 37.7 Å². The van der Waals surface area contributed by atoms with Crippen molar-refractivity contribution in [3.8, 4) is 11.4 Å². The van der Waals surface area contributed by atoms with Gasteiger partial charge in [-0.15, -0.1) is 5.10 Å². The van der Waals surface area contributed by atoms with Crippen LogP contribution in [0.5, 0.6) is 0 Å². The van der Waals surface area contributed by atoms with Crippen LogP contribution >= 0.6 is 0 Å². The first kappa shape index (κ1) is 20.3. The molecule has 10 heteroatoms. The van der Waals surface area contributed by atoms with Crippen molar-refractivity contribution in [3.05, 3.63) is 47.8 Å². The second kappa shape index (κ2) is 8.39. The van der Waals surface area contributed by atoms with Gasteiger partial charge in [-0.25, -0.2) is 14.6 Å². The second-order valence-corrected chi connectivity index (χ2v) is 7.28. The first-order valence-corrected chi connectivity index (χ1v) is 9.68. The maximum atomic E-state index is 12.9. The highest BCUT2D eigenvalue weighted by atomic mass is 19.4. The summed E-state index contributed by atoms with van der Waals surface area (Å²) >= 11 is 0. The van der Waals surface area contributed by atoms with Crippen molar-refractivity contribution in [3.63, 3.8) is 0 Å². The molecule has 0 bridgehead atoms. The molecule has 0 aromatic carbocycles. The molecule has 3 aromatic rings. The van der Waals surface area contributed by atoms with E-state index < -0.39 is 11.7 Å². The van der Waals surface area contributed by atoms with Crippen LogP contribution in [0.2, 0.25) is 0 Å². The number of aromatic nitrogens is 5. The van der Waals surface area contributed by atoms with Crippen LogP contribution in [0.25, 0.3) is 11.4 Å². The topological polar surface area (TPSA) is 77.8 Å². The number of anilines is 2. The molecule has 4 heterocycles. The van der Waals surface area contributed by atoms with E-state index in [1.54, 1.807) is 16.9 Å². The van der Waals surface area contributed by atoms with Crippen LogP contribution in [0.4, 0.5) is 24.8 Å². The van der Waals surface area contributed by atoms with Crippen LogP contribution in [0.1, 0.15) is 30.4 Å². The first-order chi connectivity index (χ1) is 14.4. The molecule has 1 aliphatic heterocycles. The lowest BCUT2D eigenvalue weighted by Crippen LogP contribution is -2.24. The fourth-order valence-corrected chi connectivity index (χ4v) is 3.33. The molecule has 30 heavy (non-hydrogen) atoms. The third-order valence-corrected chi connectivity index (χ3v) is 4.78. The zero-order valence-corrected chi connectivity index (χ0v) is 16.4. The third kappa shape index (κ3) is 4.93. The summed E-state index contributed by atoms with van der Waals surface area (Å²) in [6.07, 6.45) is 1.82. The molecular formula is C20H21F3N6O. The number of alkyl halides is 3. The summed E-state index contributed by atoms with van der Waals surface area (Å²) in [6, 6.07) is 5.45. The van der Waals surface area contributed by atoms with E-state index in [9.17, 15) is 13.2 Å². The monoisotopic (exact) mass is 418 g/mol. The van der Waals surface area contributed by atoms with Gasteiger partial charge in [0.05, 0.1) is 30.1 Å². The summed E-state index contributed by atoms with van der Waals surface area (Å²) in [7, 11) is 0. The number of rotatable bonds is 5. The Kier molecular flexibility index (Phi) is 5.67. The largest absolute Gasteiger partial charge is 0.416 e. The molecule has 0 amide bonds. The van der Waals surface area contributed by atoms with Gasteiger partial charge in [0.15, 0.2) is 0 Å². The SMILES string of the molecule is Cc1cc(Nc2cc(C(F)(F)F)ccn2)nc(-c2cn(CC3CCCCO3)nn2)c1. The van der Waals surface area contributed by atoms with E-state index in [1.807, 2.05) is 13.0 Å². The zero-order valence-electron chi connectivity index (χ0n) is 16.4. The van der Waals surface area contributed by atoms with E-state index in [0.29, 0.717) is 23.8 Å². The predicted molar refractivity (Wildman–Crippen MR) is 104 cm³/mol. The number of halogens is 3. The molecule has 1 aliphatic rings. The van der Waals surface area contributed by atoms with E-state index in [4.69, 9.17) is 4.74 Å². The highest BCUT2D eigenvalue weighted by molar-refractivity contribution is 5.61. The summed E-state index contributed by atoms with van der Waals surface area (Å²) in [5.41, 5.74) is 1.25. The summed E-state index contributed by atoms with van der Waals surface area (Å²) in [5, 5.41) is 11.2. The molecule has 1 atom stereocenters. The second-order valence-electron chi connectivity index (χ2n) is 7.28. The lowest BCUT2D eigenvalue weighted by Gasteiger charge is -2.21. The minimum absolute atomic E-state index is 0.0620. The number of nitrogens with zero attached hydrogens (tertiary/aromatic N) is 5. The van der Waals surface area contributed by atoms with E-state index in [1.165, 1.54) is 0 Å². The maximum absolute atomic E-state index is 12.9. The van der Waals surface area contributed by atoms with Crippen LogP contribution in [0.15, 0.2) is 36.7 Å². The lowest BCUT2D eigenvalue weighted by molar-refractivity contribution is -0.137. The Hall–Kier alpha value is -3.01. The number of ether oxygens (including phenoxy) is 1. The third-order valence-electron chi connectivity index (χ3n) is 4.78. The molecule has 0 radical (unpaired) electrons. The molecule has 4 rings (SSSR count). The van der Waals surface area contributed by atoms with Crippen LogP contribution in [-0.2, 0) is 17.5 Å². The average Bonchev–Trinajstić information content (AvgIpc) is 3.16. The van der Waals surface area contributed by atoms with Gasteiger partial charge in [0.25, 0.3) is 0 Å². The van der Waals surface area contributed by atoms with Crippen molar-refractivity contribution < 1.29 is 17.9 Å². The van der Waals surface area contributed by atoms with Crippen molar-refractivity contribution in [2.75, 3.05) is 11.9 Å². The number of hydrogen-bond donors (Lipinski definition) is 1. The molecule has 1 saturated heterocycles. The Morgan fingerprint density at radius 1 is 1.17 bits per heavy atom. The van der Waals surface area contributed by atoms with E-state index >= 15 is 0 Å². The van der Waals surface area contributed by atoms with Gasteiger partial charge in [-0.2, -0.15) is 13.2 Å². The summed E-state index contributed by atoms with van der Waals surface area (Å²) in [5.74, 6) is 0.439. The Morgan fingerprint density at radius 3 is 2.80 bits per heavy atom. The Morgan fingerprint density at radius 2 is 2.03 bits per heavy atom.